The van der Waals surface area contributed by atoms with E-state index in [9.17, 15) is 0 Å². The van der Waals surface area contributed by atoms with Gasteiger partial charge in [0.05, 0.1) is 10.6 Å². The van der Waals surface area contributed by atoms with E-state index in [4.69, 9.17) is 5.73 Å². The van der Waals surface area contributed by atoms with Crippen LogP contribution in [0.15, 0.2) is 46.9 Å². The van der Waals surface area contributed by atoms with Gasteiger partial charge < -0.3 is 15.6 Å². The van der Waals surface area contributed by atoms with Gasteiger partial charge in [0.25, 0.3) is 0 Å². The summed E-state index contributed by atoms with van der Waals surface area (Å²) in [5.41, 5.74) is 9.56. The zero-order chi connectivity index (χ0) is 16.4. The third-order valence-electron chi connectivity index (χ3n) is 4.67. The molecule has 1 aliphatic rings. The highest BCUT2D eigenvalue weighted by Crippen LogP contribution is 2.25. The molecule has 0 aliphatic carbocycles. The molecule has 1 aliphatic heterocycles. The van der Waals surface area contributed by atoms with Crippen LogP contribution in [0.2, 0.25) is 0 Å². The number of rotatable bonds is 5. The molecule has 26 heavy (non-hydrogen) atoms. The lowest BCUT2D eigenvalue weighted by molar-refractivity contribution is 0.344. The normalized spacial score (nSPS) is 15.0. The minimum atomic E-state index is 0. The van der Waals surface area contributed by atoms with Crippen LogP contribution in [0.4, 0.5) is 5.69 Å². The number of hydrogen-bond acceptors (Lipinski definition) is 3. The molecule has 3 N–H and O–H groups in total. The third-order valence-corrected chi connectivity index (χ3v) is 5.56. The second-order valence-corrected chi connectivity index (χ2v) is 7.26. The molecule has 2 aromatic heterocycles. The summed E-state index contributed by atoms with van der Waals surface area (Å²) in [7, 11) is 0. The van der Waals surface area contributed by atoms with E-state index in [-0.39, 0.29) is 24.8 Å². The van der Waals surface area contributed by atoms with Crippen LogP contribution in [0.1, 0.15) is 23.3 Å². The van der Waals surface area contributed by atoms with E-state index in [0.717, 1.165) is 23.5 Å². The Hall–Kier alpha value is -1.53. The fraction of sp³-hybridized carbons (Fsp3) is 0.316. The van der Waals surface area contributed by atoms with E-state index >= 15 is 0 Å². The zero-order valence-corrected chi connectivity index (χ0v) is 16.9. The number of nitrogens with one attached hydrogen (secondary N) is 1. The van der Waals surface area contributed by atoms with Crippen molar-refractivity contribution < 1.29 is 0 Å². The van der Waals surface area contributed by atoms with Crippen molar-refractivity contribution in [2.45, 2.75) is 19.3 Å². The topological polar surface area (TPSA) is 57.4 Å². The summed E-state index contributed by atoms with van der Waals surface area (Å²) in [6.07, 6.45) is 5.90. The molecule has 0 saturated carbocycles. The number of H-pyrrole nitrogens is 1. The number of aromatic amines is 1. The summed E-state index contributed by atoms with van der Waals surface area (Å²) in [4.78, 5) is 11.5. The minimum absolute atomic E-state index is 0. The number of benzene rings is 1. The van der Waals surface area contributed by atoms with Gasteiger partial charge in [-0.25, -0.2) is 4.99 Å². The quantitative estimate of drug-likeness (QED) is 0.470. The number of nitrogens with two attached hydrogens (primary N) is 1. The molecule has 0 spiro atoms. The average molecular weight is 411 g/mol. The number of likely N-dealkylation sites (tertiary alicyclic amines) is 1. The first-order chi connectivity index (χ1) is 11.8. The average Bonchev–Trinajstić information content (AvgIpc) is 3.34. The lowest BCUT2D eigenvalue weighted by Gasteiger charge is -2.13. The predicted octanol–water partition coefficient (Wildman–Crippen LogP) is 4.75. The Kier molecular flexibility index (Phi) is 7.53. The Labute approximate surface area is 170 Å². The minimum Gasteiger partial charge on any atom is -0.383 e. The van der Waals surface area contributed by atoms with Crippen LogP contribution < -0.4 is 5.73 Å². The first-order valence-corrected chi connectivity index (χ1v) is 9.38. The third kappa shape index (κ3) is 4.60. The number of thiophene rings is 1. The molecule has 0 bridgehead atoms. The second kappa shape index (κ2) is 9.42. The number of halogens is 2. The molecule has 1 aromatic carbocycles. The fourth-order valence-corrected chi connectivity index (χ4v) is 3.97. The van der Waals surface area contributed by atoms with Gasteiger partial charge in [-0.1, -0.05) is 6.07 Å². The van der Waals surface area contributed by atoms with E-state index in [0.29, 0.717) is 5.84 Å². The van der Waals surface area contributed by atoms with Gasteiger partial charge >= 0.3 is 0 Å². The van der Waals surface area contributed by atoms with Crippen LogP contribution in [-0.4, -0.2) is 35.4 Å². The highest BCUT2D eigenvalue weighted by molar-refractivity contribution is 7.12. The van der Waals surface area contributed by atoms with Crippen molar-refractivity contribution in [2.24, 2.45) is 10.7 Å². The SMILES string of the molecule is Cl.Cl.NC(=Nc1ccc2[nH]cc(CCN3CCCC3)c2c1)c1cccs1. The highest BCUT2D eigenvalue weighted by atomic mass is 35.5. The number of fused-ring (bicyclic) bond motifs is 1. The molecule has 3 aromatic rings. The summed E-state index contributed by atoms with van der Waals surface area (Å²) in [5, 5.41) is 3.28. The van der Waals surface area contributed by atoms with E-state index in [1.165, 1.54) is 42.4 Å². The molecular weight excluding hydrogens is 387 g/mol. The maximum Gasteiger partial charge on any atom is 0.141 e. The van der Waals surface area contributed by atoms with Gasteiger partial charge in [-0.15, -0.1) is 36.2 Å². The number of amidine groups is 1. The van der Waals surface area contributed by atoms with Crippen LogP contribution in [0.3, 0.4) is 0 Å². The molecule has 0 amide bonds. The molecule has 0 atom stereocenters. The second-order valence-electron chi connectivity index (χ2n) is 6.32. The van der Waals surface area contributed by atoms with Crippen molar-refractivity contribution in [1.82, 2.24) is 9.88 Å². The first-order valence-electron chi connectivity index (χ1n) is 8.50. The molecule has 4 rings (SSSR count). The van der Waals surface area contributed by atoms with Gasteiger partial charge in [0, 0.05) is 23.6 Å². The Morgan fingerprint density at radius 3 is 2.73 bits per heavy atom. The van der Waals surface area contributed by atoms with E-state index < -0.39 is 0 Å². The molecule has 4 nitrogen and oxygen atoms in total. The highest BCUT2D eigenvalue weighted by Gasteiger charge is 2.12. The summed E-state index contributed by atoms with van der Waals surface area (Å²) in [6.45, 7) is 3.63. The number of aromatic nitrogens is 1. The number of nitrogens with zero attached hydrogens (tertiary/aromatic N) is 2. The van der Waals surface area contributed by atoms with Crippen molar-refractivity contribution in [3.05, 3.63) is 52.3 Å². The standard InChI is InChI=1S/C19H22N4S.2ClH/c20-19(18-4-3-11-24-18)22-15-5-6-17-16(12-15)14(13-21-17)7-10-23-8-1-2-9-23;;/h3-6,11-13,21H,1-2,7-10H2,(H2,20,22);2*1H. The van der Waals surface area contributed by atoms with Gasteiger partial charge in [0.15, 0.2) is 0 Å². The lowest BCUT2D eigenvalue weighted by atomic mass is 10.1. The summed E-state index contributed by atoms with van der Waals surface area (Å²) in [6, 6.07) is 10.2. The van der Waals surface area contributed by atoms with Crippen LogP contribution in [0.25, 0.3) is 10.9 Å². The first kappa shape index (κ1) is 20.8. The predicted molar refractivity (Wildman–Crippen MR) is 117 cm³/mol. The molecule has 0 radical (unpaired) electrons. The van der Waals surface area contributed by atoms with Crippen molar-refractivity contribution in [2.75, 3.05) is 19.6 Å². The molecule has 7 heteroatoms. The van der Waals surface area contributed by atoms with Crippen molar-refractivity contribution >= 4 is 58.6 Å². The molecule has 140 valence electrons. The van der Waals surface area contributed by atoms with Gasteiger partial charge in [0.1, 0.15) is 5.84 Å². The van der Waals surface area contributed by atoms with Crippen molar-refractivity contribution in [3.63, 3.8) is 0 Å². The molecule has 3 heterocycles. The van der Waals surface area contributed by atoms with Gasteiger partial charge in [-0.2, -0.15) is 0 Å². The maximum atomic E-state index is 6.12. The largest absolute Gasteiger partial charge is 0.383 e. The molecular formula is C19H24Cl2N4S. The van der Waals surface area contributed by atoms with E-state index in [1.54, 1.807) is 11.3 Å². The van der Waals surface area contributed by atoms with Crippen molar-refractivity contribution in [1.29, 1.82) is 0 Å². The Morgan fingerprint density at radius 2 is 2.00 bits per heavy atom. The summed E-state index contributed by atoms with van der Waals surface area (Å²) >= 11 is 1.61. The fourth-order valence-electron chi connectivity index (χ4n) is 3.35. The van der Waals surface area contributed by atoms with Gasteiger partial charge in [0.2, 0.25) is 0 Å². The van der Waals surface area contributed by atoms with Crippen LogP contribution >= 0.6 is 36.2 Å². The monoisotopic (exact) mass is 410 g/mol. The maximum absolute atomic E-state index is 6.12. The van der Waals surface area contributed by atoms with Crippen LogP contribution in [-0.2, 0) is 6.42 Å². The number of aliphatic imine (C=N–C) groups is 1. The Bertz CT molecular complexity index is 852. The van der Waals surface area contributed by atoms with Crippen molar-refractivity contribution in [3.8, 4) is 0 Å². The van der Waals surface area contributed by atoms with E-state index in [1.807, 2.05) is 23.6 Å². The lowest BCUT2D eigenvalue weighted by Crippen LogP contribution is -2.21. The zero-order valence-electron chi connectivity index (χ0n) is 14.5. The summed E-state index contributed by atoms with van der Waals surface area (Å²) in [5.74, 6) is 0.582. The van der Waals surface area contributed by atoms with E-state index in [2.05, 4.69) is 33.2 Å². The summed E-state index contributed by atoms with van der Waals surface area (Å²) < 4.78 is 0. The Morgan fingerprint density at radius 1 is 1.19 bits per heavy atom. The smallest absolute Gasteiger partial charge is 0.141 e. The molecule has 1 saturated heterocycles. The Balaban J connectivity index is 0.00000121. The van der Waals surface area contributed by atoms with Gasteiger partial charge in [-0.05, 0) is 67.6 Å². The molecule has 0 unspecified atom stereocenters. The number of hydrogen-bond donors (Lipinski definition) is 2. The van der Waals surface area contributed by atoms with Crippen LogP contribution in [0.5, 0.6) is 0 Å². The van der Waals surface area contributed by atoms with Crippen LogP contribution in [0, 0.1) is 0 Å². The van der Waals surface area contributed by atoms with Gasteiger partial charge in [-0.3, -0.25) is 0 Å². The molecule has 1 fully saturated rings.